The first-order valence-electron chi connectivity index (χ1n) is 5.18. The maximum absolute atomic E-state index is 10.0. The van der Waals surface area contributed by atoms with E-state index in [9.17, 15) is 5.11 Å². The Kier molecular flexibility index (Phi) is 4.92. The molecule has 0 radical (unpaired) electrons. The van der Waals surface area contributed by atoms with Crippen LogP contribution in [-0.4, -0.2) is 40.9 Å². The Morgan fingerprint density at radius 1 is 1.65 bits per heavy atom. The lowest BCUT2D eigenvalue weighted by molar-refractivity contribution is 0.0357. The number of rotatable bonds is 6. The van der Waals surface area contributed by atoms with Crippen molar-refractivity contribution in [2.75, 3.05) is 31.3 Å². The molecule has 0 spiro atoms. The van der Waals surface area contributed by atoms with Gasteiger partial charge in [-0.25, -0.2) is 4.98 Å². The van der Waals surface area contributed by atoms with Crippen LogP contribution in [0.3, 0.4) is 0 Å². The molecule has 7 heteroatoms. The van der Waals surface area contributed by atoms with Gasteiger partial charge in [0.2, 0.25) is 5.28 Å². The number of aromatic nitrogens is 2. The minimum Gasteiger partial charge on any atom is -0.394 e. The highest BCUT2D eigenvalue weighted by Gasteiger charge is 2.20. The van der Waals surface area contributed by atoms with Crippen LogP contribution in [0.15, 0.2) is 6.20 Å². The molecule has 0 amide bonds. The van der Waals surface area contributed by atoms with E-state index in [1.54, 1.807) is 14.0 Å². The average Bonchev–Trinajstić information content (AvgIpc) is 2.28. The van der Waals surface area contributed by atoms with E-state index in [4.69, 9.17) is 22.1 Å². The smallest absolute Gasteiger partial charge is 0.224 e. The van der Waals surface area contributed by atoms with Crippen molar-refractivity contribution in [1.82, 2.24) is 9.97 Å². The number of nitrogens with zero attached hydrogens (tertiary/aromatic N) is 2. The number of aliphatic hydroxyl groups is 1. The topological polar surface area (TPSA) is 93.3 Å². The minimum absolute atomic E-state index is 0.109. The van der Waals surface area contributed by atoms with Gasteiger partial charge in [0, 0.05) is 26.7 Å². The zero-order valence-corrected chi connectivity index (χ0v) is 10.7. The molecule has 1 aromatic rings. The number of anilines is 2. The Bertz CT molecular complexity index is 373. The van der Waals surface area contributed by atoms with Crippen molar-refractivity contribution >= 4 is 23.1 Å². The molecular weight excluding hydrogens is 244 g/mol. The fourth-order valence-corrected chi connectivity index (χ4v) is 1.33. The quantitative estimate of drug-likeness (QED) is 0.659. The fourth-order valence-electron chi connectivity index (χ4n) is 1.20. The van der Waals surface area contributed by atoms with Crippen LogP contribution in [0.25, 0.3) is 0 Å². The van der Waals surface area contributed by atoms with Gasteiger partial charge in [-0.1, -0.05) is 0 Å². The Labute approximate surface area is 105 Å². The van der Waals surface area contributed by atoms with Crippen LogP contribution in [0.5, 0.6) is 0 Å². The number of nitrogen functional groups attached to an aromatic ring is 1. The summed E-state index contributed by atoms with van der Waals surface area (Å²) in [6.07, 6.45) is 1.93. The Morgan fingerprint density at radius 3 is 3.00 bits per heavy atom. The molecule has 17 heavy (non-hydrogen) atoms. The van der Waals surface area contributed by atoms with Crippen molar-refractivity contribution in [3.05, 3.63) is 11.5 Å². The minimum atomic E-state index is -0.903. The van der Waals surface area contributed by atoms with Crippen LogP contribution < -0.4 is 11.1 Å². The third-order valence-corrected chi connectivity index (χ3v) is 2.45. The molecule has 1 unspecified atom stereocenters. The van der Waals surface area contributed by atoms with Gasteiger partial charge in [-0.05, 0) is 18.5 Å². The van der Waals surface area contributed by atoms with Gasteiger partial charge in [0.15, 0.2) is 5.82 Å². The van der Waals surface area contributed by atoms with Crippen LogP contribution in [0.2, 0.25) is 5.28 Å². The number of hydrogen-bond acceptors (Lipinski definition) is 6. The highest BCUT2D eigenvalue weighted by molar-refractivity contribution is 6.28. The van der Waals surface area contributed by atoms with E-state index in [1.165, 1.54) is 6.20 Å². The van der Waals surface area contributed by atoms with Crippen molar-refractivity contribution in [2.24, 2.45) is 0 Å². The van der Waals surface area contributed by atoms with E-state index in [1.807, 2.05) is 0 Å². The largest absolute Gasteiger partial charge is 0.394 e. The monoisotopic (exact) mass is 260 g/mol. The number of nitrogens with one attached hydrogen (secondary N) is 1. The number of hydrogen-bond donors (Lipinski definition) is 3. The molecule has 0 bridgehead atoms. The van der Waals surface area contributed by atoms with Crippen molar-refractivity contribution in [3.8, 4) is 0 Å². The molecule has 0 aromatic carbocycles. The SMILES string of the molecule is COCCC(C)(O)CNc1nc(Cl)ncc1N. The number of nitrogens with two attached hydrogens (primary N) is 1. The summed E-state index contributed by atoms with van der Waals surface area (Å²) in [5.41, 5.74) is 5.15. The van der Waals surface area contributed by atoms with Crippen molar-refractivity contribution in [2.45, 2.75) is 18.9 Å². The van der Waals surface area contributed by atoms with E-state index in [2.05, 4.69) is 15.3 Å². The summed E-state index contributed by atoms with van der Waals surface area (Å²) >= 11 is 5.65. The van der Waals surface area contributed by atoms with Crippen LogP contribution in [0.4, 0.5) is 11.5 Å². The third-order valence-electron chi connectivity index (χ3n) is 2.27. The van der Waals surface area contributed by atoms with Gasteiger partial charge in [-0.3, -0.25) is 0 Å². The molecule has 1 atom stereocenters. The Hall–Kier alpha value is -1.11. The van der Waals surface area contributed by atoms with Gasteiger partial charge in [-0.15, -0.1) is 0 Å². The molecule has 0 aliphatic rings. The molecule has 0 aliphatic heterocycles. The maximum Gasteiger partial charge on any atom is 0.224 e. The van der Waals surface area contributed by atoms with Gasteiger partial charge >= 0.3 is 0 Å². The fraction of sp³-hybridized carbons (Fsp3) is 0.600. The summed E-state index contributed by atoms with van der Waals surface area (Å²) in [5.74, 6) is 0.419. The zero-order valence-electron chi connectivity index (χ0n) is 9.90. The van der Waals surface area contributed by atoms with Gasteiger partial charge in [0.25, 0.3) is 0 Å². The Morgan fingerprint density at radius 2 is 2.35 bits per heavy atom. The molecule has 1 heterocycles. The number of ether oxygens (including phenoxy) is 1. The second kappa shape index (κ2) is 6.00. The zero-order chi connectivity index (χ0) is 12.9. The van der Waals surface area contributed by atoms with E-state index >= 15 is 0 Å². The van der Waals surface area contributed by atoms with Gasteiger partial charge in [0.1, 0.15) is 0 Å². The second-order valence-electron chi connectivity index (χ2n) is 4.04. The molecule has 0 saturated carbocycles. The van der Waals surface area contributed by atoms with Crippen molar-refractivity contribution in [1.29, 1.82) is 0 Å². The van der Waals surface area contributed by atoms with Crippen LogP contribution in [0.1, 0.15) is 13.3 Å². The molecule has 0 aliphatic carbocycles. The summed E-state index contributed by atoms with van der Waals surface area (Å²) < 4.78 is 4.91. The third kappa shape index (κ3) is 4.72. The molecule has 96 valence electrons. The second-order valence-corrected chi connectivity index (χ2v) is 4.37. The molecule has 1 rings (SSSR count). The molecule has 6 nitrogen and oxygen atoms in total. The van der Waals surface area contributed by atoms with Crippen molar-refractivity contribution < 1.29 is 9.84 Å². The maximum atomic E-state index is 10.0. The normalized spacial score (nSPS) is 14.4. The summed E-state index contributed by atoms with van der Waals surface area (Å²) in [6.45, 7) is 2.49. The molecule has 1 aromatic heterocycles. The van der Waals surface area contributed by atoms with Crippen LogP contribution >= 0.6 is 11.6 Å². The summed E-state index contributed by atoms with van der Waals surface area (Å²) in [4.78, 5) is 7.67. The standard InChI is InChI=1S/C10H17ClN4O2/c1-10(16,3-4-17-2)6-14-8-7(12)5-13-9(11)15-8/h5,16H,3-4,6,12H2,1-2H3,(H,13,14,15). The first-order valence-corrected chi connectivity index (χ1v) is 5.55. The molecule has 0 fully saturated rings. The van der Waals surface area contributed by atoms with Crippen LogP contribution in [0, 0.1) is 0 Å². The highest BCUT2D eigenvalue weighted by atomic mass is 35.5. The average molecular weight is 261 g/mol. The van der Waals surface area contributed by atoms with Crippen molar-refractivity contribution in [3.63, 3.8) is 0 Å². The van der Waals surface area contributed by atoms with E-state index in [0.717, 1.165) is 0 Å². The lowest BCUT2D eigenvalue weighted by atomic mass is 10.0. The lowest BCUT2D eigenvalue weighted by Crippen LogP contribution is -2.35. The molecular formula is C10H17ClN4O2. The van der Waals surface area contributed by atoms with Gasteiger partial charge in [0.05, 0.1) is 17.5 Å². The molecule has 4 N–H and O–H groups in total. The van der Waals surface area contributed by atoms with Gasteiger partial charge in [-0.2, -0.15) is 4.98 Å². The summed E-state index contributed by atoms with van der Waals surface area (Å²) in [6, 6.07) is 0. The Balaban J connectivity index is 2.57. The van der Waals surface area contributed by atoms with E-state index < -0.39 is 5.60 Å². The summed E-state index contributed by atoms with van der Waals surface area (Å²) in [7, 11) is 1.59. The van der Waals surface area contributed by atoms with Crippen LogP contribution in [-0.2, 0) is 4.74 Å². The van der Waals surface area contributed by atoms with E-state index in [-0.39, 0.29) is 5.28 Å². The van der Waals surface area contributed by atoms with E-state index in [0.29, 0.717) is 31.1 Å². The number of halogens is 1. The molecule has 0 saturated heterocycles. The predicted molar refractivity (Wildman–Crippen MR) is 67.1 cm³/mol. The number of methoxy groups -OCH3 is 1. The first kappa shape index (κ1) is 14.0. The first-order chi connectivity index (χ1) is 7.94. The summed E-state index contributed by atoms with van der Waals surface area (Å²) in [5, 5.41) is 13.1. The predicted octanol–water partition coefficient (Wildman–Crippen LogP) is 0.912. The van der Waals surface area contributed by atoms with Gasteiger partial charge < -0.3 is 20.9 Å². The lowest BCUT2D eigenvalue weighted by Gasteiger charge is -2.23. The highest BCUT2D eigenvalue weighted by Crippen LogP contribution is 2.18.